The van der Waals surface area contributed by atoms with Gasteiger partial charge in [-0.3, -0.25) is 0 Å². The van der Waals surface area contributed by atoms with Crippen LogP contribution in [0, 0.1) is 11.8 Å². The fourth-order valence-corrected chi connectivity index (χ4v) is 11.8. The van der Waals surface area contributed by atoms with Crippen LogP contribution in [0.25, 0.3) is 0 Å². The molecular weight excluding hydrogens is 512 g/mol. The van der Waals surface area contributed by atoms with Crippen LogP contribution in [-0.2, 0) is 4.12 Å². The first kappa shape index (κ1) is 27.6. The molecular formula is C19H41Br2ClO2Si2. The molecule has 0 bridgehead atoms. The molecule has 2 atom stereocenters. The van der Waals surface area contributed by atoms with Crippen molar-refractivity contribution in [3.63, 3.8) is 0 Å². The lowest BCUT2D eigenvalue weighted by Gasteiger charge is -2.47. The van der Waals surface area contributed by atoms with Crippen molar-refractivity contribution in [3.8, 4) is 0 Å². The van der Waals surface area contributed by atoms with E-state index in [9.17, 15) is 0 Å². The Morgan fingerprint density at radius 1 is 0.923 bits per heavy atom. The standard InChI is InChI=1S/C12H30OSi2.C7H11Br2ClO/c1-11(2,3)14(7,8)13-15(9,10)12(4,5)6;8-7(9)5(2-1-3-10)6(7)4-11/h1-10H3;5-6,11H,1-4H2/t;5-,6+/m.0/s1. The summed E-state index contributed by atoms with van der Waals surface area (Å²) in [6, 6.07) is 0. The summed E-state index contributed by atoms with van der Waals surface area (Å²) in [5.74, 6) is 1.63. The monoisotopic (exact) mass is 550 g/mol. The maximum atomic E-state index is 8.92. The van der Waals surface area contributed by atoms with Crippen molar-refractivity contribution in [2.24, 2.45) is 11.8 Å². The Hall–Kier alpha value is 1.60. The molecule has 0 saturated heterocycles. The summed E-state index contributed by atoms with van der Waals surface area (Å²) in [5.41, 5.74) is 0. The number of hydrogen-bond acceptors (Lipinski definition) is 2. The third kappa shape index (κ3) is 7.45. The van der Waals surface area contributed by atoms with Crippen molar-refractivity contribution in [2.45, 2.75) is 93.9 Å². The van der Waals surface area contributed by atoms with Crippen molar-refractivity contribution in [2.75, 3.05) is 12.5 Å². The summed E-state index contributed by atoms with van der Waals surface area (Å²) < 4.78 is 6.63. The molecule has 158 valence electrons. The lowest BCUT2D eigenvalue weighted by molar-refractivity contribution is 0.267. The Morgan fingerprint density at radius 2 is 1.31 bits per heavy atom. The van der Waals surface area contributed by atoms with Gasteiger partial charge in [-0.25, -0.2) is 0 Å². The zero-order chi connectivity index (χ0) is 21.2. The van der Waals surface area contributed by atoms with E-state index in [0.29, 0.717) is 27.8 Å². The van der Waals surface area contributed by atoms with Crippen LogP contribution < -0.4 is 0 Å². The number of rotatable bonds is 6. The Balaban J connectivity index is 0.000000502. The van der Waals surface area contributed by atoms with Crippen molar-refractivity contribution >= 4 is 60.1 Å². The summed E-state index contributed by atoms with van der Waals surface area (Å²) in [7, 11) is -3.18. The number of hydrogen-bond donors (Lipinski definition) is 1. The zero-order valence-electron chi connectivity index (χ0n) is 18.5. The molecule has 1 saturated carbocycles. The minimum Gasteiger partial charge on any atom is -0.455 e. The molecule has 0 spiro atoms. The van der Waals surface area contributed by atoms with Crippen LogP contribution in [0.15, 0.2) is 0 Å². The van der Waals surface area contributed by atoms with Crippen LogP contribution in [0.5, 0.6) is 0 Å². The van der Waals surface area contributed by atoms with Gasteiger partial charge in [0.05, 0.1) is 3.23 Å². The van der Waals surface area contributed by atoms with Crippen LogP contribution in [0.2, 0.25) is 36.3 Å². The van der Waals surface area contributed by atoms with E-state index in [-0.39, 0.29) is 9.84 Å². The fraction of sp³-hybridized carbons (Fsp3) is 1.00. The second-order valence-corrected chi connectivity index (χ2v) is 24.4. The van der Waals surface area contributed by atoms with E-state index in [0.717, 1.165) is 12.8 Å². The van der Waals surface area contributed by atoms with Crippen LogP contribution in [-0.4, -0.2) is 37.5 Å². The van der Waals surface area contributed by atoms with E-state index in [2.05, 4.69) is 99.6 Å². The van der Waals surface area contributed by atoms with Gasteiger partial charge in [-0.05, 0) is 55.0 Å². The first-order valence-corrected chi connectivity index (χ1v) is 17.5. The fourth-order valence-electron chi connectivity index (χ4n) is 2.34. The average Bonchev–Trinajstić information content (AvgIpc) is 2.93. The normalized spacial score (nSPS) is 23.3. The molecule has 1 aliphatic rings. The lowest BCUT2D eigenvalue weighted by atomic mass is 10.2. The molecule has 7 heteroatoms. The van der Waals surface area contributed by atoms with Gasteiger partial charge in [-0.1, -0.05) is 73.4 Å². The Morgan fingerprint density at radius 3 is 1.54 bits per heavy atom. The lowest BCUT2D eigenvalue weighted by Crippen LogP contribution is -2.53. The van der Waals surface area contributed by atoms with Gasteiger partial charge < -0.3 is 9.22 Å². The molecule has 2 nitrogen and oxygen atoms in total. The van der Waals surface area contributed by atoms with Gasteiger partial charge in [0.2, 0.25) is 0 Å². The van der Waals surface area contributed by atoms with Crippen molar-refractivity contribution in [3.05, 3.63) is 0 Å². The molecule has 0 aliphatic heterocycles. The second-order valence-electron chi connectivity index (χ2n) is 10.5. The molecule has 0 radical (unpaired) electrons. The number of aliphatic hydroxyl groups is 1. The van der Waals surface area contributed by atoms with Crippen LogP contribution >= 0.6 is 43.5 Å². The highest BCUT2D eigenvalue weighted by molar-refractivity contribution is 9.25. The van der Waals surface area contributed by atoms with Crippen LogP contribution in [0.4, 0.5) is 0 Å². The van der Waals surface area contributed by atoms with E-state index < -0.39 is 16.6 Å². The molecule has 0 heterocycles. The molecule has 1 rings (SSSR count). The Kier molecular flexibility index (Phi) is 10.2. The average molecular weight is 553 g/mol. The molecule has 1 fully saturated rings. The molecule has 26 heavy (non-hydrogen) atoms. The minimum atomic E-state index is -1.59. The van der Waals surface area contributed by atoms with Gasteiger partial charge in [0.25, 0.3) is 0 Å². The van der Waals surface area contributed by atoms with Crippen LogP contribution in [0.1, 0.15) is 54.4 Å². The van der Waals surface area contributed by atoms with Gasteiger partial charge in [-0.15, -0.1) is 11.6 Å². The number of aliphatic hydroxyl groups excluding tert-OH is 1. The molecule has 0 unspecified atom stereocenters. The molecule has 0 aromatic rings. The summed E-state index contributed by atoms with van der Waals surface area (Å²) in [6.07, 6.45) is 2.12. The molecule has 0 aromatic heterocycles. The number of alkyl halides is 3. The quantitative estimate of drug-likeness (QED) is 0.270. The summed E-state index contributed by atoms with van der Waals surface area (Å²) in [4.78, 5) is 0. The van der Waals surface area contributed by atoms with E-state index in [1.54, 1.807) is 0 Å². The SMILES string of the molecule is CC(C)(C)[Si](C)(C)O[Si](C)(C)C(C)(C)C.OC[C@@H]1[C@H](CCCCl)C1(Br)Br. The predicted molar refractivity (Wildman–Crippen MR) is 130 cm³/mol. The molecule has 0 aromatic carbocycles. The Bertz CT molecular complexity index is 420. The van der Waals surface area contributed by atoms with Crippen molar-refractivity contribution in [1.82, 2.24) is 0 Å². The largest absolute Gasteiger partial charge is 0.455 e. The molecule has 1 aliphatic carbocycles. The number of halogens is 3. The van der Waals surface area contributed by atoms with Gasteiger partial charge in [0.15, 0.2) is 16.6 Å². The summed E-state index contributed by atoms with van der Waals surface area (Å²) in [6.45, 7) is 23.5. The first-order chi connectivity index (χ1) is 11.3. The third-order valence-corrected chi connectivity index (χ3v) is 20.3. The van der Waals surface area contributed by atoms with Gasteiger partial charge in [0, 0.05) is 18.4 Å². The highest BCUT2D eigenvalue weighted by Gasteiger charge is 2.60. The van der Waals surface area contributed by atoms with Gasteiger partial charge in [0.1, 0.15) is 0 Å². The van der Waals surface area contributed by atoms with Crippen LogP contribution in [0.3, 0.4) is 0 Å². The Labute approximate surface area is 186 Å². The van der Waals surface area contributed by atoms with Crippen molar-refractivity contribution in [1.29, 1.82) is 0 Å². The van der Waals surface area contributed by atoms with Gasteiger partial charge >= 0.3 is 0 Å². The summed E-state index contributed by atoms with van der Waals surface area (Å²) in [5, 5.41) is 9.56. The topological polar surface area (TPSA) is 29.5 Å². The molecule has 1 N–H and O–H groups in total. The predicted octanol–water partition coefficient (Wildman–Crippen LogP) is 7.74. The van der Waals surface area contributed by atoms with E-state index in [1.165, 1.54) is 0 Å². The maximum Gasteiger partial charge on any atom is 0.178 e. The van der Waals surface area contributed by atoms with E-state index >= 15 is 0 Å². The first-order valence-electron chi connectivity index (χ1n) is 9.60. The summed E-state index contributed by atoms with van der Waals surface area (Å²) >= 11 is 12.6. The van der Waals surface area contributed by atoms with E-state index in [1.807, 2.05) is 0 Å². The second kappa shape index (κ2) is 9.61. The van der Waals surface area contributed by atoms with Crippen molar-refractivity contribution < 1.29 is 9.22 Å². The van der Waals surface area contributed by atoms with Gasteiger partial charge in [-0.2, -0.15) is 0 Å². The zero-order valence-corrected chi connectivity index (χ0v) is 24.4. The van der Waals surface area contributed by atoms with E-state index in [4.69, 9.17) is 20.8 Å². The maximum absolute atomic E-state index is 8.92. The highest BCUT2D eigenvalue weighted by Crippen LogP contribution is 2.63. The molecule has 0 amide bonds. The minimum absolute atomic E-state index is 0.000802. The smallest absolute Gasteiger partial charge is 0.178 e. The highest BCUT2D eigenvalue weighted by atomic mass is 79.9. The third-order valence-electron chi connectivity index (χ3n) is 6.33.